The van der Waals surface area contributed by atoms with Crippen LogP contribution in [0, 0.1) is 0 Å². The third-order valence-corrected chi connectivity index (χ3v) is 5.10. The van der Waals surface area contributed by atoms with E-state index in [9.17, 15) is 0 Å². The molecule has 2 aliphatic rings. The Morgan fingerprint density at radius 3 is 2.46 bits per heavy atom. The normalized spacial score (nSPS) is 23.6. The molecular weight excluding hydrogens is 294 g/mol. The van der Waals surface area contributed by atoms with Crippen LogP contribution in [0.3, 0.4) is 0 Å². The minimum atomic E-state index is 0.597. The summed E-state index contributed by atoms with van der Waals surface area (Å²) in [5.41, 5.74) is 4.02. The topological polar surface area (TPSA) is 36.1 Å². The third kappa shape index (κ3) is 4.88. The molecular formula is C21H31N3. The first kappa shape index (κ1) is 17.1. The summed E-state index contributed by atoms with van der Waals surface area (Å²) >= 11 is 0. The summed E-state index contributed by atoms with van der Waals surface area (Å²) in [6.45, 7) is 4.17. The Balaban J connectivity index is 1.43. The molecule has 1 fully saturated rings. The Kier molecular flexibility index (Phi) is 6.36. The molecule has 0 heterocycles. The maximum atomic E-state index is 3.77. The molecule has 3 rings (SSSR count). The number of nitrogens with one attached hydrogen (secondary N) is 3. The standard InChI is InChI=1S/C21H31N3/c1-2-22-20-10-6-7-11-21(20)24-19-14-12-18(13-15-19)23-16-17-8-4-3-5-9-17/h3-4,6-8,10-11,18-19,22-24H,2,5,9,12-16H2,1H3. The van der Waals surface area contributed by atoms with Crippen molar-refractivity contribution in [2.75, 3.05) is 23.7 Å². The molecule has 0 amide bonds. The SMILES string of the molecule is CCNc1ccccc1NC1CCC(NCC2=CC=CCC2)CC1. The zero-order chi connectivity index (χ0) is 16.6. The van der Waals surface area contributed by atoms with Crippen LogP contribution in [0.1, 0.15) is 45.4 Å². The molecule has 0 unspecified atom stereocenters. The Bertz CT molecular complexity index is 568. The van der Waals surface area contributed by atoms with Gasteiger partial charge in [-0.2, -0.15) is 0 Å². The first-order valence-electron chi connectivity index (χ1n) is 9.52. The summed E-state index contributed by atoms with van der Waals surface area (Å²) in [4.78, 5) is 0. The van der Waals surface area contributed by atoms with E-state index in [2.05, 4.69) is 65.4 Å². The Labute approximate surface area is 146 Å². The summed E-state index contributed by atoms with van der Waals surface area (Å²) in [6, 6.07) is 9.83. The molecule has 24 heavy (non-hydrogen) atoms. The number of allylic oxidation sites excluding steroid dienone is 3. The molecule has 3 N–H and O–H groups in total. The van der Waals surface area contributed by atoms with Gasteiger partial charge in [-0.25, -0.2) is 0 Å². The second-order valence-electron chi connectivity index (χ2n) is 6.94. The van der Waals surface area contributed by atoms with E-state index in [0.29, 0.717) is 12.1 Å². The molecule has 0 saturated heterocycles. The van der Waals surface area contributed by atoms with Crippen LogP contribution in [-0.4, -0.2) is 25.2 Å². The summed E-state index contributed by atoms with van der Waals surface area (Å²) in [5, 5.41) is 11.0. The number of hydrogen-bond donors (Lipinski definition) is 3. The average Bonchev–Trinajstić information content (AvgIpc) is 2.64. The molecule has 0 bridgehead atoms. The van der Waals surface area contributed by atoms with Crippen molar-refractivity contribution in [3.05, 3.63) is 48.1 Å². The van der Waals surface area contributed by atoms with Gasteiger partial charge < -0.3 is 16.0 Å². The molecule has 3 heteroatoms. The van der Waals surface area contributed by atoms with E-state index in [0.717, 1.165) is 13.1 Å². The lowest BCUT2D eigenvalue weighted by molar-refractivity contribution is 0.361. The molecule has 130 valence electrons. The van der Waals surface area contributed by atoms with Crippen LogP contribution in [-0.2, 0) is 0 Å². The Hall–Kier alpha value is -1.74. The van der Waals surface area contributed by atoms with Crippen molar-refractivity contribution in [1.29, 1.82) is 0 Å². The molecule has 1 aromatic carbocycles. The highest BCUT2D eigenvalue weighted by atomic mass is 15.0. The van der Waals surface area contributed by atoms with Crippen LogP contribution in [0.4, 0.5) is 11.4 Å². The van der Waals surface area contributed by atoms with E-state index in [4.69, 9.17) is 0 Å². The maximum Gasteiger partial charge on any atom is 0.0578 e. The second-order valence-corrected chi connectivity index (χ2v) is 6.94. The van der Waals surface area contributed by atoms with Crippen LogP contribution in [0.25, 0.3) is 0 Å². The summed E-state index contributed by atoms with van der Waals surface area (Å²) in [6.07, 6.45) is 14.2. The molecule has 0 aromatic heterocycles. The van der Waals surface area contributed by atoms with Crippen molar-refractivity contribution in [3.63, 3.8) is 0 Å². The predicted molar refractivity (Wildman–Crippen MR) is 105 cm³/mol. The monoisotopic (exact) mass is 325 g/mol. The van der Waals surface area contributed by atoms with Gasteiger partial charge in [0.05, 0.1) is 11.4 Å². The van der Waals surface area contributed by atoms with Crippen LogP contribution < -0.4 is 16.0 Å². The zero-order valence-corrected chi connectivity index (χ0v) is 14.9. The molecule has 3 nitrogen and oxygen atoms in total. The Morgan fingerprint density at radius 1 is 1.00 bits per heavy atom. The minimum Gasteiger partial charge on any atom is -0.384 e. The van der Waals surface area contributed by atoms with Crippen LogP contribution in [0.15, 0.2) is 48.1 Å². The van der Waals surface area contributed by atoms with E-state index in [-0.39, 0.29) is 0 Å². The van der Waals surface area contributed by atoms with E-state index in [1.54, 1.807) is 5.57 Å². The van der Waals surface area contributed by atoms with Crippen LogP contribution in [0.2, 0.25) is 0 Å². The van der Waals surface area contributed by atoms with Crippen molar-refractivity contribution in [1.82, 2.24) is 5.32 Å². The van der Waals surface area contributed by atoms with E-state index in [1.165, 1.54) is 49.9 Å². The van der Waals surface area contributed by atoms with Crippen LogP contribution in [0.5, 0.6) is 0 Å². The molecule has 1 saturated carbocycles. The van der Waals surface area contributed by atoms with E-state index < -0.39 is 0 Å². The fourth-order valence-electron chi connectivity index (χ4n) is 3.69. The van der Waals surface area contributed by atoms with Crippen molar-refractivity contribution < 1.29 is 0 Å². The molecule has 0 radical (unpaired) electrons. The van der Waals surface area contributed by atoms with E-state index in [1.807, 2.05) is 0 Å². The fourth-order valence-corrected chi connectivity index (χ4v) is 3.69. The van der Waals surface area contributed by atoms with Gasteiger partial charge in [-0.1, -0.05) is 35.9 Å². The molecule has 0 spiro atoms. The molecule has 2 aliphatic carbocycles. The highest BCUT2D eigenvalue weighted by molar-refractivity contribution is 5.68. The quantitative estimate of drug-likeness (QED) is 0.679. The van der Waals surface area contributed by atoms with Gasteiger partial charge in [-0.15, -0.1) is 0 Å². The third-order valence-electron chi connectivity index (χ3n) is 5.10. The number of rotatable bonds is 7. The van der Waals surface area contributed by atoms with Crippen LogP contribution >= 0.6 is 0 Å². The first-order valence-corrected chi connectivity index (χ1v) is 9.52. The minimum absolute atomic E-state index is 0.597. The molecule has 0 atom stereocenters. The van der Waals surface area contributed by atoms with Crippen molar-refractivity contribution >= 4 is 11.4 Å². The van der Waals surface area contributed by atoms with Gasteiger partial charge in [0.1, 0.15) is 0 Å². The predicted octanol–water partition coefficient (Wildman–Crippen LogP) is 4.71. The van der Waals surface area contributed by atoms with Gasteiger partial charge >= 0.3 is 0 Å². The summed E-state index contributed by atoms with van der Waals surface area (Å²) < 4.78 is 0. The van der Waals surface area contributed by atoms with Gasteiger partial charge in [-0.05, 0) is 57.6 Å². The lowest BCUT2D eigenvalue weighted by Crippen LogP contribution is -2.37. The van der Waals surface area contributed by atoms with Gasteiger partial charge in [-0.3, -0.25) is 0 Å². The number of benzene rings is 1. The maximum absolute atomic E-state index is 3.77. The zero-order valence-electron chi connectivity index (χ0n) is 14.9. The largest absolute Gasteiger partial charge is 0.384 e. The first-order chi connectivity index (χ1) is 11.8. The van der Waals surface area contributed by atoms with E-state index >= 15 is 0 Å². The highest BCUT2D eigenvalue weighted by Crippen LogP contribution is 2.27. The van der Waals surface area contributed by atoms with Gasteiger partial charge in [0.15, 0.2) is 0 Å². The summed E-state index contributed by atoms with van der Waals surface area (Å²) in [5.74, 6) is 0. The van der Waals surface area contributed by atoms with Gasteiger partial charge in [0, 0.05) is 25.2 Å². The number of hydrogen-bond acceptors (Lipinski definition) is 3. The van der Waals surface area contributed by atoms with Gasteiger partial charge in [0.25, 0.3) is 0 Å². The number of anilines is 2. The molecule has 0 aliphatic heterocycles. The fraction of sp³-hybridized carbons (Fsp3) is 0.524. The smallest absolute Gasteiger partial charge is 0.0578 e. The average molecular weight is 326 g/mol. The molecule has 1 aromatic rings. The lowest BCUT2D eigenvalue weighted by atomic mass is 9.90. The van der Waals surface area contributed by atoms with Crippen molar-refractivity contribution in [2.24, 2.45) is 0 Å². The lowest BCUT2D eigenvalue weighted by Gasteiger charge is -2.31. The van der Waals surface area contributed by atoms with Crippen molar-refractivity contribution in [2.45, 2.75) is 57.5 Å². The second kappa shape index (κ2) is 8.93. The summed E-state index contributed by atoms with van der Waals surface area (Å²) in [7, 11) is 0. The number of para-hydroxylation sites is 2. The highest BCUT2D eigenvalue weighted by Gasteiger charge is 2.21. The van der Waals surface area contributed by atoms with Gasteiger partial charge in [0.2, 0.25) is 0 Å². The Morgan fingerprint density at radius 2 is 1.75 bits per heavy atom. The van der Waals surface area contributed by atoms with Crippen molar-refractivity contribution in [3.8, 4) is 0 Å².